The highest BCUT2D eigenvalue weighted by molar-refractivity contribution is 5.98. The van der Waals surface area contributed by atoms with E-state index in [2.05, 4.69) is 14.0 Å². The zero-order valence-electron chi connectivity index (χ0n) is 16.3. The fourth-order valence-corrected chi connectivity index (χ4v) is 3.99. The summed E-state index contributed by atoms with van der Waals surface area (Å²) in [6.07, 6.45) is 0.600. The number of carbonyl (C=O) groups excluding carboxylic acids is 1. The molecule has 0 aliphatic carbocycles. The lowest BCUT2D eigenvalue weighted by Crippen LogP contribution is -2.60. The van der Waals surface area contributed by atoms with Gasteiger partial charge in [0.1, 0.15) is 11.5 Å². The van der Waals surface area contributed by atoms with Crippen molar-refractivity contribution >= 4 is 5.78 Å². The normalized spacial score (nSPS) is 28.7. The number of hydrogen-bond donors (Lipinski definition) is 1. The molecule has 1 unspecified atom stereocenters. The molecule has 0 radical (unpaired) electrons. The number of Topliss-reactive ketones (excluding diaryl/α,β-unsaturated/α-hetero) is 1. The number of benzene rings is 2. The van der Waals surface area contributed by atoms with Crippen LogP contribution >= 0.6 is 0 Å². The number of nitrogens with zero attached hydrogens (tertiary/aromatic N) is 1. The molecule has 0 saturated carbocycles. The van der Waals surface area contributed by atoms with Gasteiger partial charge >= 0.3 is 0 Å². The van der Waals surface area contributed by atoms with Crippen molar-refractivity contribution in [1.82, 2.24) is 0 Å². The number of aliphatic hydroxyl groups is 1. The van der Waals surface area contributed by atoms with Crippen molar-refractivity contribution in [1.29, 1.82) is 0 Å². The van der Waals surface area contributed by atoms with Crippen LogP contribution in [0.1, 0.15) is 40.4 Å². The van der Waals surface area contributed by atoms with Crippen LogP contribution in [-0.2, 0) is 5.60 Å². The summed E-state index contributed by atoms with van der Waals surface area (Å²) in [4.78, 5) is 13.4. The van der Waals surface area contributed by atoms with Gasteiger partial charge in [-0.2, -0.15) is 0 Å². The minimum absolute atomic E-state index is 0.0468. The monoisotopic (exact) mass is 352 g/mol. The quantitative estimate of drug-likeness (QED) is 0.670. The van der Waals surface area contributed by atoms with Gasteiger partial charge in [-0.25, -0.2) is 0 Å². The van der Waals surface area contributed by atoms with Gasteiger partial charge in [-0.15, -0.1) is 0 Å². The molecule has 0 bridgehead atoms. The molecule has 3 heteroatoms. The summed E-state index contributed by atoms with van der Waals surface area (Å²) in [5.74, 6) is -0.391. The van der Waals surface area contributed by atoms with Gasteiger partial charge in [-0.05, 0) is 26.3 Å². The van der Waals surface area contributed by atoms with Crippen molar-refractivity contribution in [3.05, 3.63) is 70.8 Å². The van der Waals surface area contributed by atoms with Gasteiger partial charge in [-0.3, -0.25) is 4.79 Å². The standard InChI is InChI=1S/C23H30NO2/c1-5-24(4)15-14-23(26,20-12-8-18(3)9-13-20)21(16-24)22(25)19-10-6-17(2)7-11-19/h6-13,21,26H,5,14-16H2,1-4H3/q+1/t21-,23+,24?/m0/s1. The lowest BCUT2D eigenvalue weighted by atomic mass is 9.72. The maximum Gasteiger partial charge on any atom is 0.174 e. The number of hydrogen-bond acceptors (Lipinski definition) is 2. The molecule has 1 heterocycles. The smallest absolute Gasteiger partial charge is 0.174 e. The first-order valence-corrected chi connectivity index (χ1v) is 9.51. The van der Waals surface area contributed by atoms with Crippen LogP contribution in [0.5, 0.6) is 0 Å². The first-order chi connectivity index (χ1) is 12.3. The predicted octanol–water partition coefficient (Wildman–Crippen LogP) is 3.86. The Kier molecular flexibility index (Phi) is 5.05. The van der Waals surface area contributed by atoms with Crippen molar-refractivity contribution in [3.8, 4) is 0 Å². The van der Waals surface area contributed by atoms with E-state index >= 15 is 0 Å². The number of ketones is 1. The molecule has 3 atom stereocenters. The molecule has 2 aromatic carbocycles. The van der Waals surface area contributed by atoms with Crippen LogP contribution in [0.25, 0.3) is 0 Å². The van der Waals surface area contributed by atoms with Crippen molar-refractivity contribution in [2.24, 2.45) is 5.92 Å². The molecule has 0 amide bonds. The molecule has 3 nitrogen and oxygen atoms in total. The Hall–Kier alpha value is -1.97. The van der Waals surface area contributed by atoms with E-state index in [-0.39, 0.29) is 5.78 Å². The fourth-order valence-electron chi connectivity index (χ4n) is 3.99. The molecule has 1 aliphatic rings. The Morgan fingerprint density at radius 1 is 1.08 bits per heavy atom. The Balaban J connectivity index is 2.03. The molecule has 26 heavy (non-hydrogen) atoms. The van der Waals surface area contributed by atoms with Gasteiger partial charge in [0.05, 0.1) is 26.7 Å². The molecule has 1 N–H and O–H groups in total. The van der Waals surface area contributed by atoms with Crippen LogP contribution < -0.4 is 0 Å². The van der Waals surface area contributed by atoms with Crippen molar-refractivity contribution in [3.63, 3.8) is 0 Å². The second-order valence-corrected chi connectivity index (χ2v) is 8.17. The molecule has 1 saturated heterocycles. The van der Waals surface area contributed by atoms with Gasteiger partial charge < -0.3 is 9.59 Å². The second kappa shape index (κ2) is 6.98. The second-order valence-electron chi connectivity index (χ2n) is 8.17. The molecule has 3 rings (SSSR count). The topological polar surface area (TPSA) is 37.3 Å². The van der Waals surface area contributed by atoms with E-state index in [1.807, 2.05) is 62.4 Å². The van der Waals surface area contributed by atoms with Crippen molar-refractivity contribution in [2.45, 2.75) is 32.8 Å². The van der Waals surface area contributed by atoms with E-state index in [1.165, 1.54) is 0 Å². The number of aryl methyl sites for hydroxylation is 2. The molecule has 1 fully saturated rings. The van der Waals surface area contributed by atoms with Crippen molar-refractivity contribution in [2.75, 3.05) is 26.7 Å². The summed E-state index contributed by atoms with van der Waals surface area (Å²) < 4.78 is 0.816. The van der Waals surface area contributed by atoms with Crippen LogP contribution in [-0.4, -0.2) is 42.1 Å². The molecule has 0 spiro atoms. The highest BCUT2D eigenvalue weighted by Gasteiger charge is 2.51. The Morgan fingerprint density at radius 2 is 1.62 bits per heavy atom. The summed E-state index contributed by atoms with van der Waals surface area (Å²) in [7, 11) is 2.18. The first kappa shape index (κ1) is 18.8. The van der Waals surface area contributed by atoms with E-state index in [0.29, 0.717) is 18.5 Å². The Morgan fingerprint density at radius 3 is 2.15 bits per heavy atom. The highest BCUT2D eigenvalue weighted by Crippen LogP contribution is 2.41. The zero-order valence-corrected chi connectivity index (χ0v) is 16.3. The van der Waals surface area contributed by atoms with E-state index < -0.39 is 11.5 Å². The third kappa shape index (κ3) is 3.46. The van der Waals surface area contributed by atoms with Gasteiger partial charge in [0, 0.05) is 12.0 Å². The fraction of sp³-hybridized carbons (Fsp3) is 0.435. The van der Waals surface area contributed by atoms with E-state index in [0.717, 1.165) is 34.3 Å². The molecular weight excluding hydrogens is 322 g/mol. The minimum atomic E-state index is -1.11. The van der Waals surface area contributed by atoms with Crippen LogP contribution in [0.2, 0.25) is 0 Å². The largest absolute Gasteiger partial charge is 0.384 e. The molecule has 1 aliphatic heterocycles. The third-order valence-electron chi connectivity index (χ3n) is 6.20. The number of piperidine rings is 1. The summed E-state index contributed by atoms with van der Waals surface area (Å²) in [5.41, 5.74) is 2.73. The molecular formula is C23H30NO2+. The maximum absolute atomic E-state index is 13.4. The van der Waals surface area contributed by atoms with Crippen LogP contribution in [0.4, 0.5) is 0 Å². The zero-order chi connectivity index (χ0) is 18.9. The van der Waals surface area contributed by atoms with Gasteiger partial charge in [-0.1, -0.05) is 59.7 Å². The highest BCUT2D eigenvalue weighted by atomic mass is 16.3. The molecule has 138 valence electrons. The summed E-state index contributed by atoms with van der Waals surface area (Å²) >= 11 is 0. The van der Waals surface area contributed by atoms with Gasteiger partial charge in [0.2, 0.25) is 0 Å². The Bertz CT molecular complexity index is 781. The number of quaternary nitrogens is 1. The van der Waals surface area contributed by atoms with E-state index in [1.54, 1.807) is 0 Å². The summed E-state index contributed by atoms with van der Waals surface area (Å²) in [6, 6.07) is 15.7. The van der Waals surface area contributed by atoms with Crippen LogP contribution in [0.15, 0.2) is 48.5 Å². The van der Waals surface area contributed by atoms with Gasteiger partial charge in [0.15, 0.2) is 5.78 Å². The Labute approximate surface area is 156 Å². The van der Waals surface area contributed by atoms with Crippen LogP contribution in [0.3, 0.4) is 0 Å². The third-order valence-corrected chi connectivity index (χ3v) is 6.20. The first-order valence-electron chi connectivity index (χ1n) is 9.51. The average Bonchev–Trinajstić information content (AvgIpc) is 2.64. The van der Waals surface area contributed by atoms with E-state index in [4.69, 9.17) is 0 Å². The summed E-state index contributed by atoms with van der Waals surface area (Å²) in [6.45, 7) is 8.70. The lowest BCUT2D eigenvalue weighted by Gasteiger charge is -2.48. The molecule has 2 aromatic rings. The SMILES string of the molecule is CC[N+]1(C)CC[C@@](O)(c2ccc(C)cc2)[C@H](C(=O)c2ccc(C)cc2)C1. The molecule has 0 aromatic heterocycles. The predicted molar refractivity (Wildman–Crippen MR) is 105 cm³/mol. The minimum Gasteiger partial charge on any atom is -0.384 e. The lowest BCUT2D eigenvalue weighted by molar-refractivity contribution is -0.917. The summed E-state index contributed by atoms with van der Waals surface area (Å²) in [5, 5.41) is 11.7. The maximum atomic E-state index is 13.4. The van der Waals surface area contributed by atoms with Crippen molar-refractivity contribution < 1.29 is 14.4 Å². The average molecular weight is 352 g/mol. The van der Waals surface area contributed by atoms with E-state index in [9.17, 15) is 9.90 Å². The number of rotatable bonds is 4. The number of likely N-dealkylation sites (tertiary alicyclic amines) is 1. The number of carbonyl (C=O) groups is 1. The van der Waals surface area contributed by atoms with Crippen LogP contribution in [0, 0.1) is 19.8 Å². The van der Waals surface area contributed by atoms with Gasteiger partial charge in [0.25, 0.3) is 0 Å².